The normalized spacial score (nSPS) is 10.9. The van der Waals surface area contributed by atoms with Crippen LogP contribution in [-0.4, -0.2) is 20.7 Å². The Bertz CT molecular complexity index is 1030. The van der Waals surface area contributed by atoms with Crippen LogP contribution in [0.3, 0.4) is 0 Å². The van der Waals surface area contributed by atoms with Gasteiger partial charge in [-0.1, -0.05) is 27.2 Å². The predicted octanol–water partition coefficient (Wildman–Crippen LogP) is 5.74. The second-order valence-electron chi connectivity index (χ2n) is 6.01. The Morgan fingerprint density at radius 1 is 1.32 bits per heavy atom. The zero-order valence-corrected chi connectivity index (χ0v) is 19.1. The van der Waals surface area contributed by atoms with Crippen LogP contribution in [0.4, 0.5) is 5.69 Å². The molecule has 5 nitrogen and oxygen atoms in total. The quantitative estimate of drug-likeness (QED) is 0.231. The van der Waals surface area contributed by atoms with Crippen molar-refractivity contribution in [2.75, 3.05) is 11.5 Å². The first-order valence-corrected chi connectivity index (χ1v) is 12.2. The molecule has 0 saturated carbocycles. The van der Waals surface area contributed by atoms with Gasteiger partial charge in [0.1, 0.15) is 21.7 Å². The van der Waals surface area contributed by atoms with Crippen molar-refractivity contribution in [1.29, 1.82) is 0 Å². The van der Waals surface area contributed by atoms with Gasteiger partial charge in [0.25, 0.3) is 0 Å². The van der Waals surface area contributed by atoms with E-state index in [1.54, 1.807) is 22.7 Å². The maximum atomic E-state index is 6.56. The molecular weight excluding hydrogens is 406 g/mol. The number of nitrogens with zero attached hydrogens (tertiary/aromatic N) is 3. The van der Waals surface area contributed by atoms with Crippen LogP contribution in [0.15, 0.2) is 34.4 Å². The van der Waals surface area contributed by atoms with Crippen LogP contribution < -0.4 is 10.3 Å². The third-order valence-corrected chi connectivity index (χ3v) is 7.46. The van der Waals surface area contributed by atoms with E-state index in [1.165, 1.54) is 12.8 Å². The van der Waals surface area contributed by atoms with Gasteiger partial charge in [-0.25, -0.2) is 19.5 Å². The van der Waals surface area contributed by atoms with Crippen LogP contribution in [0, 0.1) is 0 Å². The highest BCUT2D eigenvalue weighted by molar-refractivity contribution is 8.01. The molecule has 0 aliphatic rings. The largest absolute Gasteiger partial charge is 0.397 e. The van der Waals surface area contributed by atoms with Crippen molar-refractivity contribution < 1.29 is 4.57 Å². The number of nitrogen functional groups attached to an aromatic ring is 1. The number of fused-ring (bicyclic) bond motifs is 1. The summed E-state index contributed by atoms with van der Waals surface area (Å²) in [7, 11) is 2.03. The van der Waals surface area contributed by atoms with Gasteiger partial charge in [-0.3, -0.25) is 0 Å². The van der Waals surface area contributed by atoms with E-state index >= 15 is 0 Å². The van der Waals surface area contributed by atoms with E-state index in [-0.39, 0.29) is 0 Å². The summed E-state index contributed by atoms with van der Waals surface area (Å²) in [6.07, 6.45) is 8.13. The number of thiophene rings is 1. The number of unbranched alkanes of at least 4 members (excludes halogenated alkanes) is 1. The van der Waals surface area contributed by atoms with Crippen LogP contribution in [0.5, 0.6) is 0 Å². The number of nitrogens with one attached hydrogen (secondary N) is 1. The number of anilines is 1. The summed E-state index contributed by atoms with van der Waals surface area (Å²) in [6.45, 7) is 6.21. The van der Waals surface area contributed by atoms with Crippen molar-refractivity contribution in [3.63, 3.8) is 0 Å². The van der Waals surface area contributed by atoms with Crippen LogP contribution in [0.25, 0.3) is 32.2 Å². The predicted molar refractivity (Wildman–Crippen MR) is 123 cm³/mol. The zero-order chi connectivity index (χ0) is 20.1. The summed E-state index contributed by atoms with van der Waals surface area (Å²) < 4.78 is 3.23. The van der Waals surface area contributed by atoms with Crippen molar-refractivity contribution in [2.45, 2.75) is 37.8 Å². The van der Waals surface area contributed by atoms with Crippen molar-refractivity contribution in [2.24, 2.45) is 7.05 Å². The fraction of sp³-hybridized carbons (Fsp3) is 0.350. The number of hydrogen-bond acceptors (Lipinski definition) is 6. The molecule has 0 saturated heterocycles. The number of imidazole rings is 1. The van der Waals surface area contributed by atoms with Crippen molar-refractivity contribution in [3.8, 4) is 22.0 Å². The molecule has 4 rings (SSSR count). The van der Waals surface area contributed by atoms with Crippen molar-refractivity contribution in [3.05, 3.63) is 30.2 Å². The fourth-order valence-electron chi connectivity index (χ4n) is 2.85. The van der Waals surface area contributed by atoms with Crippen LogP contribution in [0.2, 0.25) is 0 Å². The highest BCUT2D eigenvalue weighted by Gasteiger charge is 2.21. The van der Waals surface area contributed by atoms with Gasteiger partial charge in [-0.05, 0) is 18.2 Å². The van der Waals surface area contributed by atoms with Gasteiger partial charge in [-0.2, -0.15) is 0 Å². The summed E-state index contributed by atoms with van der Waals surface area (Å²) in [5, 5.41) is 3.95. The summed E-state index contributed by atoms with van der Waals surface area (Å²) in [6, 6.07) is 2.11. The highest BCUT2D eigenvalue weighted by atomic mass is 32.2. The smallest absolute Gasteiger partial charge is 0.241 e. The molecule has 4 heterocycles. The minimum absolute atomic E-state index is 0.848. The fourth-order valence-corrected chi connectivity index (χ4v) is 5.90. The van der Waals surface area contributed by atoms with Gasteiger partial charge in [0.2, 0.25) is 6.33 Å². The number of nitrogens with two attached hydrogens (primary N) is 1. The van der Waals surface area contributed by atoms with E-state index < -0.39 is 0 Å². The molecule has 0 aromatic carbocycles. The van der Waals surface area contributed by atoms with E-state index in [1.807, 2.05) is 56.8 Å². The first-order chi connectivity index (χ1) is 13.7. The number of aromatic nitrogens is 4. The summed E-state index contributed by atoms with van der Waals surface area (Å²) in [5.41, 5.74) is 10.5. The lowest BCUT2D eigenvalue weighted by Crippen LogP contribution is -2.27. The zero-order valence-electron chi connectivity index (χ0n) is 16.7. The Morgan fingerprint density at radius 3 is 2.79 bits per heavy atom. The molecule has 0 radical (unpaired) electrons. The van der Waals surface area contributed by atoms with E-state index in [9.17, 15) is 0 Å². The molecule has 8 heteroatoms. The topological polar surface area (TPSA) is 71.5 Å². The number of hydrogen-bond donors (Lipinski definition) is 2. The summed E-state index contributed by atoms with van der Waals surface area (Å²) in [4.78, 5) is 13.5. The molecule has 4 aromatic heterocycles. The minimum Gasteiger partial charge on any atom is -0.397 e. The molecule has 0 aliphatic carbocycles. The van der Waals surface area contributed by atoms with E-state index in [0.717, 1.165) is 47.8 Å². The third kappa shape index (κ3) is 4.09. The van der Waals surface area contributed by atoms with Crippen LogP contribution in [0.1, 0.15) is 33.6 Å². The standard InChI is InChI=1S/C18H19N5S3.C2H6/c1-3-4-6-25-18-15(19)14-11(13-9-20-10-23(13)2)8-12(22-17(14)26-18)16-21-5-7-24-16;1-2/h5,7-10H,3-4,6,19H2,1-2H3;1-2H3/p+1. The van der Waals surface area contributed by atoms with Gasteiger partial charge in [0, 0.05) is 22.5 Å². The minimum atomic E-state index is 0.848. The Morgan fingerprint density at radius 2 is 2.14 bits per heavy atom. The number of thioether (sulfide) groups is 1. The maximum absolute atomic E-state index is 6.56. The highest BCUT2D eigenvalue weighted by Crippen LogP contribution is 2.44. The summed E-state index contributed by atoms with van der Waals surface area (Å²) >= 11 is 5.13. The van der Waals surface area contributed by atoms with Gasteiger partial charge in [-0.15, -0.1) is 34.4 Å². The van der Waals surface area contributed by atoms with E-state index in [4.69, 9.17) is 10.7 Å². The molecular formula is C20H26N5S3+. The molecule has 0 fully saturated rings. The number of aryl methyl sites for hydroxylation is 1. The number of thiazole rings is 1. The van der Waals surface area contributed by atoms with Crippen LogP contribution in [-0.2, 0) is 7.05 Å². The number of pyridine rings is 1. The Balaban J connectivity index is 0.00000109. The molecule has 28 heavy (non-hydrogen) atoms. The second kappa shape index (κ2) is 9.54. The number of rotatable bonds is 6. The number of aromatic amines is 1. The lowest BCUT2D eigenvalue weighted by Gasteiger charge is -2.05. The van der Waals surface area contributed by atoms with Gasteiger partial charge >= 0.3 is 0 Å². The monoisotopic (exact) mass is 432 g/mol. The Kier molecular flexibility index (Phi) is 7.09. The number of H-pyrrole nitrogens is 1. The Hall–Kier alpha value is -1.90. The molecule has 0 bridgehead atoms. The van der Waals surface area contributed by atoms with Crippen molar-refractivity contribution in [1.82, 2.24) is 15.0 Å². The molecule has 0 spiro atoms. The third-order valence-electron chi connectivity index (χ3n) is 4.19. The Labute approximate surface area is 178 Å². The molecule has 0 unspecified atom stereocenters. The van der Waals surface area contributed by atoms with E-state index in [0.29, 0.717) is 0 Å². The first kappa shape index (κ1) is 20.8. The average molecular weight is 433 g/mol. The molecule has 0 atom stereocenters. The second-order valence-corrected chi connectivity index (χ2v) is 9.27. The molecule has 4 aromatic rings. The average Bonchev–Trinajstić information content (AvgIpc) is 3.45. The van der Waals surface area contributed by atoms with Crippen LogP contribution >= 0.6 is 34.4 Å². The van der Waals surface area contributed by atoms with Gasteiger partial charge < -0.3 is 5.73 Å². The SMILES string of the molecule is CC.CCCCSc1sc2nc(-c3nccs3)cc(-c3c[nH]c[n+]3C)c2c1N. The lowest BCUT2D eigenvalue weighted by molar-refractivity contribution is -0.659. The molecule has 0 aliphatic heterocycles. The first-order valence-electron chi connectivity index (χ1n) is 9.47. The van der Waals surface area contributed by atoms with Gasteiger partial charge in [0.05, 0.1) is 16.9 Å². The summed E-state index contributed by atoms with van der Waals surface area (Å²) in [5.74, 6) is 1.08. The molecule has 3 N–H and O–H groups in total. The maximum Gasteiger partial charge on any atom is 0.241 e. The molecule has 148 valence electrons. The molecule has 0 amide bonds. The van der Waals surface area contributed by atoms with Crippen molar-refractivity contribution >= 4 is 50.3 Å². The van der Waals surface area contributed by atoms with E-state index in [2.05, 4.69) is 27.5 Å². The lowest BCUT2D eigenvalue weighted by atomic mass is 10.1. The van der Waals surface area contributed by atoms with Gasteiger partial charge in [0.15, 0.2) is 5.69 Å².